The van der Waals surface area contributed by atoms with Gasteiger partial charge in [-0.15, -0.1) is 0 Å². The Hall–Kier alpha value is -3.22. The lowest BCUT2D eigenvalue weighted by molar-refractivity contribution is 0.355. The molecule has 0 radical (unpaired) electrons. The Kier molecular flexibility index (Phi) is 4.58. The van der Waals surface area contributed by atoms with Crippen LogP contribution in [0.4, 0.5) is 5.95 Å². The number of methoxy groups -OCH3 is 3. The van der Waals surface area contributed by atoms with E-state index in [0.29, 0.717) is 34.9 Å². The molecular weight excluding hydrogens is 358 g/mol. The number of hydrogen-bond acceptors (Lipinski definition) is 6. The number of ether oxygens (including phenoxy) is 3. The summed E-state index contributed by atoms with van der Waals surface area (Å²) >= 11 is 0. The van der Waals surface area contributed by atoms with E-state index in [1.807, 2.05) is 6.07 Å². The minimum absolute atomic E-state index is 0.181. The van der Waals surface area contributed by atoms with Gasteiger partial charge in [-0.3, -0.25) is 9.78 Å². The van der Waals surface area contributed by atoms with Crippen LogP contribution in [-0.2, 0) is 13.0 Å². The first-order valence-corrected chi connectivity index (χ1v) is 9.12. The molecule has 1 aromatic heterocycles. The van der Waals surface area contributed by atoms with Gasteiger partial charge in [-0.1, -0.05) is 6.07 Å². The molecule has 0 bridgehead atoms. The van der Waals surface area contributed by atoms with Gasteiger partial charge in [0.15, 0.2) is 11.5 Å². The van der Waals surface area contributed by atoms with Crippen molar-refractivity contribution in [3.63, 3.8) is 0 Å². The molecule has 1 unspecified atom stereocenters. The van der Waals surface area contributed by atoms with E-state index in [-0.39, 0.29) is 11.6 Å². The van der Waals surface area contributed by atoms with Crippen molar-refractivity contribution in [2.45, 2.75) is 25.9 Å². The summed E-state index contributed by atoms with van der Waals surface area (Å²) in [4.78, 5) is 22.5. The van der Waals surface area contributed by atoms with Crippen LogP contribution < -0.4 is 24.7 Å². The molecule has 1 aliphatic rings. The molecule has 2 heterocycles. The zero-order valence-corrected chi connectivity index (χ0v) is 16.4. The lowest BCUT2D eigenvalue weighted by Gasteiger charge is -2.35. The molecule has 1 aliphatic heterocycles. The van der Waals surface area contributed by atoms with E-state index in [2.05, 4.69) is 28.9 Å². The van der Waals surface area contributed by atoms with Gasteiger partial charge in [-0.25, -0.2) is 4.98 Å². The third-order valence-electron chi connectivity index (χ3n) is 5.27. The highest BCUT2D eigenvalue weighted by Crippen LogP contribution is 2.32. The van der Waals surface area contributed by atoms with Gasteiger partial charge in [0, 0.05) is 18.7 Å². The largest absolute Gasteiger partial charge is 0.497 e. The molecule has 146 valence electrons. The maximum Gasteiger partial charge on any atom is 0.260 e. The van der Waals surface area contributed by atoms with E-state index >= 15 is 0 Å². The van der Waals surface area contributed by atoms with Crippen molar-refractivity contribution in [3.8, 4) is 17.2 Å². The highest BCUT2D eigenvalue weighted by molar-refractivity contribution is 5.82. The Labute approximate surface area is 162 Å². The van der Waals surface area contributed by atoms with Gasteiger partial charge < -0.3 is 19.1 Å². The lowest BCUT2D eigenvalue weighted by atomic mass is 9.95. The quantitative estimate of drug-likeness (QED) is 0.749. The number of benzene rings is 2. The molecule has 28 heavy (non-hydrogen) atoms. The molecule has 0 spiro atoms. The minimum atomic E-state index is -0.200. The van der Waals surface area contributed by atoms with Crippen molar-refractivity contribution < 1.29 is 14.2 Å². The highest BCUT2D eigenvalue weighted by atomic mass is 16.5. The molecule has 0 aliphatic carbocycles. The molecule has 0 saturated carbocycles. The molecule has 2 aromatic carbocycles. The van der Waals surface area contributed by atoms with Crippen LogP contribution >= 0.6 is 0 Å². The number of aromatic nitrogens is 2. The summed E-state index contributed by atoms with van der Waals surface area (Å²) in [5.74, 6) is 2.46. The molecule has 0 saturated heterocycles. The van der Waals surface area contributed by atoms with Crippen molar-refractivity contribution in [3.05, 3.63) is 51.8 Å². The Morgan fingerprint density at radius 3 is 2.50 bits per heavy atom. The molecule has 0 fully saturated rings. The second kappa shape index (κ2) is 7.07. The van der Waals surface area contributed by atoms with Gasteiger partial charge in [0.1, 0.15) is 5.75 Å². The Bertz CT molecular complexity index is 1090. The second-order valence-corrected chi connectivity index (χ2v) is 6.93. The van der Waals surface area contributed by atoms with Gasteiger partial charge in [-0.2, -0.15) is 0 Å². The Morgan fingerprint density at radius 1 is 1.04 bits per heavy atom. The van der Waals surface area contributed by atoms with Crippen LogP contribution in [0.2, 0.25) is 0 Å². The van der Waals surface area contributed by atoms with Crippen molar-refractivity contribution >= 4 is 16.9 Å². The zero-order chi connectivity index (χ0) is 19.8. The number of nitrogens with one attached hydrogen (secondary N) is 1. The van der Waals surface area contributed by atoms with Crippen molar-refractivity contribution in [2.24, 2.45) is 0 Å². The van der Waals surface area contributed by atoms with E-state index in [4.69, 9.17) is 19.2 Å². The zero-order valence-electron chi connectivity index (χ0n) is 16.4. The van der Waals surface area contributed by atoms with E-state index in [0.717, 1.165) is 12.2 Å². The van der Waals surface area contributed by atoms with E-state index in [1.165, 1.54) is 11.1 Å². The van der Waals surface area contributed by atoms with Crippen LogP contribution in [0.1, 0.15) is 18.1 Å². The van der Waals surface area contributed by atoms with Crippen LogP contribution in [0.5, 0.6) is 17.2 Å². The fourth-order valence-electron chi connectivity index (χ4n) is 3.71. The van der Waals surface area contributed by atoms with Crippen LogP contribution in [0.3, 0.4) is 0 Å². The van der Waals surface area contributed by atoms with E-state index in [1.54, 1.807) is 33.5 Å². The first-order valence-electron chi connectivity index (χ1n) is 9.12. The van der Waals surface area contributed by atoms with Gasteiger partial charge in [-0.05, 0) is 42.7 Å². The molecule has 1 atom stereocenters. The molecular formula is C21H23N3O4. The second-order valence-electron chi connectivity index (χ2n) is 6.93. The number of H-pyrrole nitrogens is 1. The molecule has 3 aromatic rings. The summed E-state index contributed by atoms with van der Waals surface area (Å²) in [7, 11) is 4.78. The van der Waals surface area contributed by atoms with Crippen molar-refractivity contribution in [1.29, 1.82) is 0 Å². The van der Waals surface area contributed by atoms with E-state index in [9.17, 15) is 4.79 Å². The van der Waals surface area contributed by atoms with Crippen LogP contribution in [-0.4, -0.2) is 37.3 Å². The standard InChI is InChI=1S/C21H23N3O4/c1-12-7-14-8-15(26-2)6-5-13(14)11-24(12)21-22-17-10-19(28-4)18(27-3)9-16(17)20(25)23-21/h5-6,8-10,12H,7,11H2,1-4H3,(H,22,23,25). The summed E-state index contributed by atoms with van der Waals surface area (Å²) in [5.41, 5.74) is 2.84. The number of anilines is 1. The van der Waals surface area contributed by atoms with E-state index < -0.39 is 0 Å². The minimum Gasteiger partial charge on any atom is -0.497 e. The summed E-state index contributed by atoms with van der Waals surface area (Å²) in [5, 5.41) is 0.469. The lowest BCUT2D eigenvalue weighted by Crippen LogP contribution is -2.40. The average Bonchev–Trinajstić information content (AvgIpc) is 2.71. The summed E-state index contributed by atoms with van der Waals surface area (Å²) in [6.45, 7) is 2.80. The maximum absolute atomic E-state index is 12.7. The van der Waals surface area contributed by atoms with Gasteiger partial charge >= 0.3 is 0 Å². The number of rotatable bonds is 4. The summed E-state index contributed by atoms with van der Waals surface area (Å²) < 4.78 is 16.0. The van der Waals surface area contributed by atoms with Gasteiger partial charge in [0.25, 0.3) is 5.56 Å². The third-order valence-corrected chi connectivity index (χ3v) is 5.27. The fraction of sp³-hybridized carbons (Fsp3) is 0.333. The SMILES string of the molecule is COc1ccc2c(c1)CC(C)N(c1nc3cc(OC)c(OC)cc3c(=O)[nH]1)C2. The number of fused-ring (bicyclic) bond motifs is 2. The smallest absolute Gasteiger partial charge is 0.260 e. The van der Waals surface area contributed by atoms with Crippen LogP contribution in [0, 0.1) is 0 Å². The Morgan fingerprint density at radius 2 is 1.79 bits per heavy atom. The van der Waals surface area contributed by atoms with Crippen LogP contribution in [0.15, 0.2) is 35.1 Å². The Balaban J connectivity index is 1.77. The summed E-state index contributed by atoms with van der Waals surface area (Å²) in [6, 6.07) is 9.68. The van der Waals surface area contributed by atoms with Crippen molar-refractivity contribution in [1.82, 2.24) is 9.97 Å². The number of hydrogen-bond donors (Lipinski definition) is 1. The molecule has 0 amide bonds. The molecule has 7 nitrogen and oxygen atoms in total. The average molecular weight is 381 g/mol. The fourth-order valence-corrected chi connectivity index (χ4v) is 3.71. The monoisotopic (exact) mass is 381 g/mol. The maximum atomic E-state index is 12.7. The van der Waals surface area contributed by atoms with Crippen molar-refractivity contribution in [2.75, 3.05) is 26.2 Å². The van der Waals surface area contributed by atoms with Crippen LogP contribution in [0.25, 0.3) is 10.9 Å². The number of nitrogens with zero attached hydrogens (tertiary/aromatic N) is 2. The molecule has 1 N–H and O–H groups in total. The predicted octanol–water partition coefficient (Wildman–Crippen LogP) is 2.90. The third kappa shape index (κ3) is 3.02. The summed E-state index contributed by atoms with van der Waals surface area (Å²) in [6.07, 6.45) is 0.847. The molecule has 4 rings (SSSR count). The van der Waals surface area contributed by atoms with Gasteiger partial charge in [0.05, 0.1) is 32.2 Å². The normalized spacial score (nSPS) is 16.0. The van der Waals surface area contributed by atoms with Gasteiger partial charge in [0.2, 0.25) is 5.95 Å². The molecule has 7 heteroatoms. The number of aromatic amines is 1. The topological polar surface area (TPSA) is 76.7 Å². The first-order chi connectivity index (χ1) is 13.5. The predicted molar refractivity (Wildman–Crippen MR) is 108 cm³/mol. The highest BCUT2D eigenvalue weighted by Gasteiger charge is 2.25. The first kappa shape index (κ1) is 18.2.